The van der Waals surface area contributed by atoms with Crippen LogP contribution in [0.25, 0.3) is 11.1 Å². The first-order valence-corrected chi connectivity index (χ1v) is 14.6. The summed E-state index contributed by atoms with van der Waals surface area (Å²) in [6.45, 7) is 0. The third kappa shape index (κ3) is 7.12. The van der Waals surface area contributed by atoms with Crippen LogP contribution in [0.5, 0.6) is 11.5 Å². The Kier molecular flexibility index (Phi) is 9.11. The highest BCUT2D eigenvalue weighted by Crippen LogP contribution is 2.33. The second-order valence-electron chi connectivity index (χ2n) is 9.30. The van der Waals surface area contributed by atoms with Gasteiger partial charge in [-0.15, -0.1) is 11.3 Å². The monoisotopic (exact) mass is 640 g/mol. The van der Waals surface area contributed by atoms with Crippen molar-refractivity contribution in [1.82, 2.24) is 5.32 Å². The number of carboxylic acid groups (broad SMARTS) is 1. The van der Waals surface area contributed by atoms with Crippen molar-refractivity contribution < 1.29 is 24.2 Å². The minimum Gasteiger partial charge on any atom is -0.480 e. The van der Waals surface area contributed by atoms with E-state index in [1.54, 1.807) is 35.7 Å². The van der Waals surface area contributed by atoms with Crippen LogP contribution in [0.4, 0.5) is 5.69 Å². The number of aliphatic carboxylic acids is 1. The van der Waals surface area contributed by atoms with Gasteiger partial charge in [-0.25, -0.2) is 4.79 Å². The molecule has 1 aromatic heterocycles. The van der Waals surface area contributed by atoms with Gasteiger partial charge in [0.05, 0.1) is 16.1 Å². The largest absolute Gasteiger partial charge is 0.480 e. The molecule has 4 aromatic carbocycles. The number of ether oxygens (including phenoxy) is 1. The Hall–Kier alpha value is -4.73. The maximum Gasteiger partial charge on any atom is 0.326 e. The Balaban J connectivity index is 1.31. The fourth-order valence-corrected chi connectivity index (χ4v) is 5.29. The number of amides is 2. The zero-order valence-electron chi connectivity index (χ0n) is 22.1. The number of hydrogen-bond donors (Lipinski definition) is 3. The molecule has 42 heavy (non-hydrogen) atoms. The number of carboxylic acids is 1. The van der Waals surface area contributed by atoms with Crippen LogP contribution in [-0.2, 0) is 11.2 Å². The van der Waals surface area contributed by atoms with Gasteiger partial charge in [0.15, 0.2) is 0 Å². The molecular weight excluding hydrogens is 616 g/mol. The molecule has 5 aromatic rings. The predicted octanol–water partition coefficient (Wildman–Crippen LogP) is 7.65. The fraction of sp³-hybridized carbons (Fsp3) is 0.0606. The summed E-state index contributed by atoms with van der Waals surface area (Å²) in [5.41, 5.74) is 2.95. The second kappa shape index (κ2) is 13.3. The van der Waals surface area contributed by atoms with E-state index in [2.05, 4.69) is 26.6 Å². The number of carbonyl (C=O) groups is 3. The Labute approximate surface area is 254 Å². The number of carbonyl (C=O) groups excluding carboxylic acids is 2. The highest BCUT2D eigenvalue weighted by molar-refractivity contribution is 9.10. The molecule has 210 valence electrons. The average molecular weight is 642 g/mol. The molecule has 5 rings (SSSR count). The van der Waals surface area contributed by atoms with Crippen LogP contribution < -0.4 is 15.4 Å². The molecule has 0 saturated carbocycles. The second-order valence-corrected chi connectivity index (χ2v) is 11.2. The maximum absolute atomic E-state index is 13.3. The van der Waals surface area contributed by atoms with E-state index in [-0.39, 0.29) is 23.6 Å². The molecular formula is C33H25BrN2O5S. The van der Waals surface area contributed by atoms with Gasteiger partial charge in [0.25, 0.3) is 11.8 Å². The van der Waals surface area contributed by atoms with E-state index in [1.807, 2.05) is 78.9 Å². The van der Waals surface area contributed by atoms with E-state index in [1.165, 1.54) is 11.3 Å². The van der Waals surface area contributed by atoms with Crippen molar-refractivity contribution in [2.24, 2.45) is 0 Å². The summed E-state index contributed by atoms with van der Waals surface area (Å²) in [7, 11) is 0. The SMILES string of the molecule is O=C(Nc1ccc(Br)cc1C(=O)N[C@@H](Cc1ccc(-c2ccccc2Oc2ccccc2)cc1)C(=O)O)c1cccs1. The highest BCUT2D eigenvalue weighted by atomic mass is 79.9. The van der Waals surface area contributed by atoms with E-state index in [0.29, 0.717) is 15.1 Å². The van der Waals surface area contributed by atoms with Gasteiger partial charge in [-0.3, -0.25) is 9.59 Å². The average Bonchev–Trinajstić information content (AvgIpc) is 3.54. The lowest BCUT2D eigenvalue weighted by Gasteiger charge is -2.17. The summed E-state index contributed by atoms with van der Waals surface area (Å²) in [6.07, 6.45) is 0.0639. The number of hydrogen-bond acceptors (Lipinski definition) is 5. The smallest absolute Gasteiger partial charge is 0.326 e. The molecule has 0 unspecified atom stereocenters. The third-order valence-electron chi connectivity index (χ3n) is 6.39. The van der Waals surface area contributed by atoms with Gasteiger partial charge in [-0.1, -0.05) is 82.7 Å². The van der Waals surface area contributed by atoms with Crippen LogP contribution in [-0.4, -0.2) is 28.9 Å². The fourth-order valence-electron chi connectivity index (χ4n) is 4.31. The van der Waals surface area contributed by atoms with Crippen molar-refractivity contribution in [3.8, 4) is 22.6 Å². The quantitative estimate of drug-likeness (QED) is 0.145. The summed E-state index contributed by atoms with van der Waals surface area (Å²) in [5, 5.41) is 17.1. The van der Waals surface area contributed by atoms with Crippen molar-refractivity contribution in [2.75, 3.05) is 5.32 Å². The van der Waals surface area contributed by atoms with Crippen LogP contribution in [0.2, 0.25) is 0 Å². The number of nitrogens with one attached hydrogen (secondary N) is 2. The zero-order valence-corrected chi connectivity index (χ0v) is 24.5. The van der Waals surface area contributed by atoms with Crippen LogP contribution in [0.15, 0.2) is 119 Å². The van der Waals surface area contributed by atoms with E-state index >= 15 is 0 Å². The first-order valence-electron chi connectivity index (χ1n) is 13.0. The lowest BCUT2D eigenvalue weighted by molar-refractivity contribution is -0.139. The molecule has 0 aliphatic carbocycles. The van der Waals surface area contributed by atoms with Crippen LogP contribution >= 0.6 is 27.3 Å². The Morgan fingerprint density at radius 3 is 2.29 bits per heavy atom. The molecule has 0 aliphatic heterocycles. The van der Waals surface area contributed by atoms with Gasteiger partial charge in [0.1, 0.15) is 17.5 Å². The topological polar surface area (TPSA) is 105 Å². The number of benzene rings is 4. The molecule has 0 radical (unpaired) electrons. The van der Waals surface area contributed by atoms with Gasteiger partial charge in [-0.2, -0.15) is 0 Å². The minimum atomic E-state index is -1.20. The van der Waals surface area contributed by atoms with Gasteiger partial charge in [0, 0.05) is 16.5 Å². The van der Waals surface area contributed by atoms with Crippen molar-refractivity contribution in [2.45, 2.75) is 12.5 Å². The molecule has 0 saturated heterocycles. The standard InChI is InChI=1S/C33H25BrN2O5S/c34-23-16-17-27(35-32(38)30-11-6-18-42-30)26(20-23)31(37)36-28(33(39)40)19-21-12-14-22(15-13-21)25-9-4-5-10-29(25)41-24-7-2-1-3-8-24/h1-18,20,28H,19H2,(H,35,38)(H,36,37)(H,39,40)/t28-/m0/s1. The normalized spacial score (nSPS) is 11.4. The van der Waals surface area contributed by atoms with Gasteiger partial charge >= 0.3 is 5.97 Å². The van der Waals surface area contributed by atoms with Gasteiger partial charge in [0.2, 0.25) is 0 Å². The molecule has 0 bridgehead atoms. The van der Waals surface area contributed by atoms with Crippen molar-refractivity contribution in [3.63, 3.8) is 0 Å². The summed E-state index contributed by atoms with van der Waals surface area (Å²) in [6, 6.07) is 31.7. The zero-order chi connectivity index (χ0) is 29.5. The Morgan fingerprint density at radius 1 is 0.833 bits per heavy atom. The summed E-state index contributed by atoms with van der Waals surface area (Å²) in [4.78, 5) is 38.5. The molecule has 7 nitrogen and oxygen atoms in total. The number of rotatable bonds is 10. The number of halogens is 1. The van der Waals surface area contributed by atoms with Crippen LogP contribution in [0.1, 0.15) is 25.6 Å². The van der Waals surface area contributed by atoms with Crippen molar-refractivity contribution in [1.29, 1.82) is 0 Å². The number of thiophene rings is 1. The minimum absolute atomic E-state index is 0.0639. The van der Waals surface area contributed by atoms with Crippen LogP contribution in [0, 0.1) is 0 Å². The molecule has 0 spiro atoms. The van der Waals surface area contributed by atoms with Gasteiger partial charge in [-0.05, 0) is 59.0 Å². The van der Waals surface area contributed by atoms with Crippen molar-refractivity contribution in [3.05, 3.63) is 135 Å². The first-order chi connectivity index (χ1) is 20.4. The van der Waals surface area contributed by atoms with E-state index in [9.17, 15) is 19.5 Å². The molecule has 9 heteroatoms. The number of para-hydroxylation sites is 2. The molecule has 0 fully saturated rings. The van der Waals surface area contributed by atoms with Gasteiger partial charge < -0.3 is 20.5 Å². The van der Waals surface area contributed by atoms with Crippen LogP contribution in [0.3, 0.4) is 0 Å². The molecule has 2 amide bonds. The van der Waals surface area contributed by atoms with E-state index in [4.69, 9.17) is 4.74 Å². The Morgan fingerprint density at radius 2 is 1.57 bits per heavy atom. The molecule has 0 aliphatic rings. The van der Waals surface area contributed by atoms with Crippen molar-refractivity contribution >= 4 is 50.7 Å². The molecule has 1 atom stereocenters. The number of anilines is 1. The predicted molar refractivity (Wildman–Crippen MR) is 167 cm³/mol. The summed E-state index contributed by atoms with van der Waals surface area (Å²) < 4.78 is 6.70. The maximum atomic E-state index is 13.3. The van der Waals surface area contributed by atoms with E-state index < -0.39 is 17.9 Å². The highest BCUT2D eigenvalue weighted by Gasteiger charge is 2.24. The third-order valence-corrected chi connectivity index (χ3v) is 7.75. The first kappa shape index (κ1) is 28.8. The lowest BCUT2D eigenvalue weighted by atomic mass is 9.99. The molecule has 1 heterocycles. The molecule has 3 N–H and O–H groups in total. The summed E-state index contributed by atoms with van der Waals surface area (Å²) >= 11 is 4.63. The van der Waals surface area contributed by atoms with E-state index in [0.717, 1.165) is 22.4 Å². The lowest BCUT2D eigenvalue weighted by Crippen LogP contribution is -2.42. The summed E-state index contributed by atoms with van der Waals surface area (Å²) in [5.74, 6) is -0.724. The Bertz CT molecular complexity index is 1710.